The van der Waals surface area contributed by atoms with E-state index < -0.39 is 0 Å². The lowest BCUT2D eigenvalue weighted by Gasteiger charge is -2.10. The third-order valence-electron chi connectivity index (χ3n) is 4.31. The lowest BCUT2D eigenvalue weighted by molar-refractivity contribution is 0.376. The molecule has 0 saturated carbocycles. The van der Waals surface area contributed by atoms with Crippen LogP contribution in [0.25, 0.3) is 5.69 Å². The number of hydrogen-bond donors (Lipinski definition) is 2. The van der Waals surface area contributed by atoms with Gasteiger partial charge >= 0.3 is 0 Å². The van der Waals surface area contributed by atoms with Crippen LogP contribution in [0.15, 0.2) is 52.1 Å². The first kappa shape index (κ1) is 23.8. The Morgan fingerprint density at radius 2 is 1.97 bits per heavy atom. The quantitative estimate of drug-likeness (QED) is 0.263. The summed E-state index contributed by atoms with van der Waals surface area (Å²) in [6, 6.07) is 10.2. The van der Waals surface area contributed by atoms with Gasteiger partial charge in [0.15, 0.2) is 11.7 Å². The summed E-state index contributed by atoms with van der Waals surface area (Å²) in [5.41, 5.74) is 2.70. The topological polar surface area (TPSA) is 80.3 Å². The molecule has 2 aromatic heterocycles. The Morgan fingerprint density at radius 1 is 1.20 bits per heavy atom. The number of rotatable bonds is 8. The maximum Gasteiger partial charge on any atom is 0.191 e. The third kappa shape index (κ3) is 6.82. The monoisotopic (exact) mass is 526 g/mol. The first-order valence-corrected chi connectivity index (χ1v) is 9.83. The number of benzene rings is 1. The van der Waals surface area contributed by atoms with Crippen molar-refractivity contribution < 1.29 is 8.91 Å². The Bertz CT molecular complexity index is 935. The molecule has 2 N–H and O–H groups in total. The highest BCUT2D eigenvalue weighted by Gasteiger charge is 2.08. The summed E-state index contributed by atoms with van der Waals surface area (Å²) in [5, 5.41) is 15.1. The zero-order valence-corrected chi connectivity index (χ0v) is 19.8. The van der Waals surface area contributed by atoms with Gasteiger partial charge in [0, 0.05) is 31.8 Å². The van der Waals surface area contributed by atoms with Crippen molar-refractivity contribution >= 4 is 29.9 Å². The number of nitrogens with one attached hydrogen (secondary N) is 2. The summed E-state index contributed by atoms with van der Waals surface area (Å²) in [6.45, 7) is 8.04. The summed E-state index contributed by atoms with van der Waals surface area (Å²) < 4.78 is 20.1. The van der Waals surface area contributed by atoms with E-state index in [2.05, 4.69) is 39.7 Å². The predicted molar refractivity (Wildman–Crippen MR) is 126 cm³/mol. The van der Waals surface area contributed by atoms with Crippen molar-refractivity contribution in [3.05, 3.63) is 65.6 Å². The maximum atomic E-state index is 13.1. The lowest BCUT2D eigenvalue weighted by Crippen LogP contribution is -2.38. The third-order valence-corrected chi connectivity index (χ3v) is 4.31. The first-order chi connectivity index (χ1) is 14.0. The summed E-state index contributed by atoms with van der Waals surface area (Å²) in [4.78, 5) is 4.55. The molecule has 0 amide bonds. The van der Waals surface area contributed by atoms with Crippen molar-refractivity contribution in [1.82, 2.24) is 25.6 Å². The fourth-order valence-electron chi connectivity index (χ4n) is 2.72. The molecule has 3 aromatic rings. The Hall–Kier alpha value is -2.43. The highest BCUT2D eigenvalue weighted by molar-refractivity contribution is 14.0. The molecule has 0 atom stereocenters. The van der Waals surface area contributed by atoms with Gasteiger partial charge in [-0.25, -0.2) is 14.1 Å². The van der Waals surface area contributed by atoms with Gasteiger partial charge in [-0.15, -0.1) is 24.0 Å². The molecule has 30 heavy (non-hydrogen) atoms. The van der Waals surface area contributed by atoms with Crippen LogP contribution < -0.4 is 10.6 Å². The SMILES string of the molecule is CCNC(=NCc1cc(C(C)C)no1)NCCc1ccn(-c2ccc(F)cc2)n1.I. The van der Waals surface area contributed by atoms with Crippen LogP contribution in [0, 0.1) is 5.82 Å². The van der Waals surface area contributed by atoms with Crippen LogP contribution in [-0.2, 0) is 13.0 Å². The highest BCUT2D eigenvalue weighted by Crippen LogP contribution is 2.14. The second-order valence-electron chi connectivity index (χ2n) is 6.97. The van der Waals surface area contributed by atoms with E-state index in [1.54, 1.807) is 16.8 Å². The van der Waals surface area contributed by atoms with Gasteiger partial charge in [0.25, 0.3) is 0 Å². The second-order valence-corrected chi connectivity index (χ2v) is 6.97. The van der Waals surface area contributed by atoms with E-state index in [9.17, 15) is 4.39 Å². The van der Waals surface area contributed by atoms with Gasteiger partial charge in [0.2, 0.25) is 0 Å². The van der Waals surface area contributed by atoms with Gasteiger partial charge in [-0.2, -0.15) is 5.10 Å². The van der Waals surface area contributed by atoms with Gasteiger partial charge in [-0.05, 0) is 43.2 Å². The van der Waals surface area contributed by atoms with Crippen LogP contribution in [0.2, 0.25) is 0 Å². The fraction of sp³-hybridized carbons (Fsp3) is 0.381. The van der Waals surface area contributed by atoms with Crippen molar-refractivity contribution in [1.29, 1.82) is 0 Å². The fourth-order valence-corrected chi connectivity index (χ4v) is 2.72. The zero-order chi connectivity index (χ0) is 20.6. The molecule has 7 nitrogen and oxygen atoms in total. The summed E-state index contributed by atoms with van der Waals surface area (Å²) >= 11 is 0. The molecule has 3 rings (SSSR count). The van der Waals surface area contributed by atoms with E-state index in [1.807, 2.05) is 25.3 Å². The minimum absolute atomic E-state index is 0. The van der Waals surface area contributed by atoms with E-state index in [4.69, 9.17) is 4.52 Å². The van der Waals surface area contributed by atoms with Crippen LogP contribution >= 0.6 is 24.0 Å². The molecule has 0 aliphatic rings. The minimum Gasteiger partial charge on any atom is -0.359 e. The predicted octanol–water partition coefficient (Wildman–Crippen LogP) is 4.04. The molecule has 1 aromatic carbocycles. The molecule has 0 fully saturated rings. The lowest BCUT2D eigenvalue weighted by atomic mass is 10.1. The molecule has 0 saturated heterocycles. The van der Waals surface area contributed by atoms with Gasteiger partial charge in [-0.1, -0.05) is 19.0 Å². The standard InChI is InChI=1S/C21H27FN6O.HI/c1-4-23-21(25-14-19-13-20(15(2)3)27-29-19)24-11-9-17-10-12-28(26-17)18-7-5-16(22)6-8-18;/h5-8,10,12-13,15H,4,9,11,14H2,1-3H3,(H2,23,24,25);1H. The largest absolute Gasteiger partial charge is 0.359 e. The van der Waals surface area contributed by atoms with E-state index in [0.717, 1.165) is 35.8 Å². The highest BCUT2D eigenvalue weighted by atomic mass is 127. The van der Waals surface area contributed by atoms with Crippen LogP contribution in [0.1, 0.15) is 43.8 Å². The molecular weight excluding hydrogens is 498 g/mol. The van der Waals surface area contributed by atoms with Crippen molar-refractivity contribution in [2.24, 2.45) is 4.99 Å². The molecule has 0 aliphatic heterocycles. The molecule has 9 heteroatoms. The van der Waals surface area contributed by atoms with Gasteiger partial charge < -0.3 is 15.2 Å². The first-order valence-electron chi connectivity index (χ1n) is 9.83. The number of hydrogen-bond acceptors (Lipinski definition) is 4. The number of aromatic nitrogens is 3. The average Bonchev–Trinajstić information content (AvgIpc) is 3.36. The second kappa shape index (κ2) is 11.7. The van der Waals surface area contributed by atoms with E-state index in [-0.39, 0.29) is 29.8 Å². The van der Waals surface area contributed by atoms with E-state index in [1.165, 1.54) is 12.1 Å². The summed E-state index contributed by atoms with van der Waals surface area (Å²) in [6.07, 6.45) is 2.61. The van der Waals surface area contributed by atoms with Gasteiger partial charge in [0.05, 0.1) is 17.1 Å². The molecule has 0 aliphatic carbocycles. The molecular formula is C21H28FIN6O. The zero-order valence-electron chi connectivity index (χ0n) is 17.4. The Labute approximate surface area is 193 Å². The van der Waals surface area contributed by atoms with Crippen molar-refractivity contribution in [3.8, 4) is 5.69 Å². The van der Waals surface area contributed by atoms with Crippen LogP contribution in [0.3, 0.4) is 0 Å². The van der Waals surface area contributed by atoms with Crippen LogP contribution in [-0.4, -0.2) is 34.0 Å². The maximum absolute atomic E-state index is 13.1. The normalized spacial score (nSPS) is 11.4. The molecule has 0 unspecified atom stereocenters. The van der Waals surface area contributed by atoms with Gasteiger partial charge in [0.1, 0.15) is 12.4 Å². The van der Waals surface area contributed by atoms with Crippen molar-refractivity contribution in [3.63, 3.8) is 0 Å². The summed E-state index contributed by atoms with van der Waals surface area (Å²) in [7, 11) is 0. The molecule has 0 bridgehead atoms. The molecule has 2 heterocycles. The Kier molecular flexibility index (Phi) is 9.28. The molecule has 162 valence electrons. The molecule has 0 spiro atoms. The average molecular weight is 526 g/mol. The van der Waals surface area contributed by atoms with Crippen molar-refractivity contribution in [2.45, 2.75) is 39.7 Å². The van der Waals surface area contributed by atoms with E-state index >= 15 is 0 Å². The Morgan fingerprint density at radius 3 is 2.63 bits per heavy atom. The number of aliphatic imine (C=N–C) groups is 1. The summed E-state index contributed by atoms with van der Waals surface area (Å²) in [5.74, 6) is 1.53. The Balaban J connectivity index is 0.00000320. The number of guanidine groups is 1. The van der Waals surface area contributed by atoms with Crippen LogP contribution in [0.4, 0.5) is 4.39 Å². The minimum atomic E-state index is -0.258. The smallest absolute Gasteiger partial charge is 0.191 e. The number of nitrogens with zero attached hydrogens (tertiary/aromatic N) is 4. The van der Waals surface area contributed by atoms with Crippen molar-refractivity contribution in [2.75, 3.05) is 13.1 Å². The molecule has 0 radical (unpaired) electrons. The van der Waals surface area contributed by atoms with Crippen LogP contribution in [0.5, 0.6) is 0 Å². The number of halogens is 2. The van der Waals surface area contributed by atoms with E-state index in [0.29, 0.717) is 25.0 Å². The van der Waals surface area contributed by atoms with Gasteiger partial charge in [-0.3, -0.25) is 0 Å².